The lowest BCUT2D eigenvalue weighted by Gasteiger charge is -2.32. The third kappa shape index (κ3) is 6.33. The molecule has 2 fully saturated rings. The van der Waals surface area contributed by atoms with Gasteiger partial charge in [-0.3, -0.25) is 4.79 Å². The molecule has 0 unspecified atom stereocenters. The number of nitrogens with zero attached hydrogens (tertiary/aromatic N) is 1. The van der Waals surface area contributed by atoms with E-state index in [1.807, 2.05) is 7.05 Å². The number of nitrogens with one attached hydrogen (secondary N) is 2. The SMILES string of the molecule is CNCCC1CCN(C(=O)CS(=O)(=O)NC2CCC(C)CC2)CC1. The van der Waals surface area contributed by atoms with Crippen LogP contribution in [-0.4, -0.2) is 57.7 Å². The Labute approximate surface area is 146 Å². The minimum Gasteiger partial charge on any atom is -0.342 e. The number of carbonyl (C=O) groups excluding carboxylic acids is 1. The molecule has 0 radical (unpaired) electrons. The molecule has 0 aromatic carbocycles. The van der Waals surface area contributed by atoms with Crippen molar-refractivity contribution in [2.24, 2.45) is 11.8 Å². The largest absolute Gasteiger partial charge is 0.342 e. The van der Waals surface area contributed by atoms with Crippen LogP contribution in [0.5, 0.6) is 0 Å². The molecule has 6 nitrogen and oxygen atoms in total. The van der Waals surface area contributed by atoms with E-state index in [1.54, 1.807) is 4.90 Å². The number of hydrogen-bond acceptors (Lipinski definition) is 4. The van der Waals surface area contributed by atoms with E-state index in [0.717, 1.165) is 51.5 Å². The van der Waals surface area contributed by atoms with Crippen molar-refractivity contribution < 1.29 is 13.2 Å². The van der Waals surface area contributed by atoms with Gasteiger partial charge in [-0.15, -0.1) is 0 Å². The van der Waals surface area contributed by atoms with E-state index in [1.165, 1.54) is 0 Å². The van der Waals surface area contributed by atoms with Crippen LogP contribution in [0.3, 0.4) is 0 Å². The molecule has 1 saturated heterocycles. The van der Waals surface area contributed by atoms with Crippen LogP contribution in [0.4, 0.5) is 0 Å². The van der Waals surface area contributed by atoms with Gasteiger partial charge in [0.15, 0.2) is 0 Å². The molecule has 1 aliphatic carbocycles. The van der Waals surface area contributed by atoms with Gasteiger partial charge >= 0.3 is 0 Å². The molecule has 2 N–H and O–H groups in total. The molecule has 0 atom stereocenters. The lowest BCUT2D eigenvalue weighted by Crippen LogP contribution is -2.46. The van der Waals surface area contributed by atoms with Crippen molar-refractivity contribution >= 4 is 15.9 Å². The van der Waals surface area contributed by atoms with Crippen molar-refractivity contribution in [3.8, 4) is 0 Å². The molecule has 2 aliphatic rings. The second-order valence-corrected chi connectivity index (χ2v) is 9.30. The molecule has 0 bridgehead atoms. The van der Waals surface area contributed by atoms with Gasteiger partial charge in [-0.25, -0.2) is 13.1 Å². The van der Waals surface area contributed by atoms with Crippen LogP contribution in [0.1, 0.15) is 51.9 Å². The fraction of sp³-hybridized carbons (Fsp3) is 0.941. The Hall–Kier alpha value is -0.660. The van der Waals surface area contributed by atoms with E-state index in [0.29, 0.717) is 24.9 Å². The first kappa shape index (κ1) is 19.7. The summed E-state index contributed by atoms with van der Waals surface area (Å²) >= 11 is 0. The zero-order chi connectivity index (χ0) is 17.6. The van der Waals surface area contributed by atoms with E-state index in [-0.39, 0.29) is 11.9 Å². The second kappa shape index (κ2) is 9.15. The molecule has 140 valence electrons. The van der Waals surface area contributed by atoms with Gasteiger partial charge < -0.3 is 10.2 Å². The highest BCUT2D eigenvalue weighted by Crippen LogP contribution is 2.24. The number of likely N-dealkylation sites (tertiary alicyclic amines) is 1. The minimum atomic E-state index is -3.53. The predicted molar refractivity (Wildman–Crippen MR) is 96.2 cm³/mol. The third-order valence-electron chi connectivity index (χ3n) is 5.45. The highest BCUT2D eigenvalue weighted by Gasteiger charge is 2.28. The van der Waals surface area contributed by atoms with Crippen molar-refractivity contribution in [2.75, 3.05) is 32.4 Å². The smallest absolute Gasteiger partial charge is 0.239 e. The molecule has 1 amide bonds. The summed E-state index contributed by atoms with van der Waals surface area (Å²) in [4.78, 5) is 14.0. The Morgan fingerprint density at radius 1 is 1.08 bits per heavy atom. The Kier molecular flexibility index (Phi) is 7.50. The number of piperidine rings is 1. The van der Waals surface area contributed by atoms with Crippen LogP contribution in [0.25, 0.3) is 0 Å². The van der Waals surface area contributed by atoms with Crippen LogP contribution >= 0.6 is 0 Å². The quantitative estimate of drug-likeness (QED) is 0.719. The standard InChI is InChI=1S/C17H33N3O3S/c1-14-3-5-16(6-4-14)19-24(22,23)13-17(21)20-11-8-15(9-12-20)7-10-18-2/h14-16,18-19H,3-13H2,1-2H3. The average molecular weight is 360 g/mol. The molecule has 7 heteroatoms. The summed E-state index contributed by atoms with van der Waals surface area (Å²) in [6, 6.07) is 0.00581. The molecule has 1 aliphatic heterocycles. The average Bonchev–Trinajstić information content (AvgIpc) is 2.55. The molecular formula is C17H33N3O3S. The van der Waals surface area contributed by atoms with Gasteiger partial charge in [-0.05, 0) is 70.4 Å². The molecule has 0 aromatic rings. The first-order valence-corrected chi connectivity index (χ1v) is 11.0. The van der Waals surface area contributed by atoms with Gasteiger partial charge in [0.25, 0.3) is 0 Å². The van der Waals surface area contributed by atoms with Crippen LogP contribution < -0.4 is 10.0 Å². The summed E-state index contributed by atoms with van der Waals surface area (Å²) in [5.74, 6) is 0.663. The normalized spacial score (nSPS) is 26.5. The molecule has 24 heavy (non-hydrogen) atoms. The molecule has 1 saturated carbocycles. The third-order valence-corrected chi connectivity index (χ3v) is 6.76. The van der Waals surface area contributed by atoms with Gasteiger partial charge in [0, 0.05) is 19.1 Å². The van der Waals surface area contributed by atoms with Crippen molar-refractivity contribution in [2.45, 2.75) is 57.9 Å². The molecule has 2 rings (SSSR count). The summed E-state index contributed by atoms with van der Waals surface area (Å²) in [7, 11) is -1.58. The van der Waals surface area contributed by atoms with Crippen LogP contribution in [0.2, 0.25) is 0 Å². The van der Waals surface area contributed by atoms with E-state index < -0.39 is 15.8 Å². The van der Waals surface area contributed by atoms with Gasteiger partial charge in [-0.2, -0.15) is 0 Å². The first-order chi connectivity index (χ1) is 11.4. The van der Waals surface area contributed by atoms with Crippen molar-refractivity contribution in [3.63, 3.8) is 0 Å². The number of carbonyl (C=O) groups is 1. The minimum absolute atomic E-state index is 0.00581. The lowest BCUT2D eigenvalue weighted by molar-refractivity contribution is -0.129. The second-order valence-electron chi connectivity index (χ2n) is 7.55. The number of hydrogen-bond donors (Lipinski definition) is 2. The summed E-state index contributed by atoms with van der Waals surface area (Å²) in [5.41, 5.74) is 0. The first-order valence-electron chi connectivity index (χ1n) is 9.32. The van der Waals surface area contributed by atoms with Gasteiger partial charge in [0.05, 0.1) is 0 Å². The molecule has 0 aromatic heterocycles. The Balaban J connectivity index is 1.75. The van der Waals surface area contributed by atoms with E-state index in [9.17, 15) is 13.2 Å². The monoisotopic (exact) mass is 359 g/mol. The molecule has 0 spiro atoms. The Bertz CT molecular complexity index is 493. The number of rotatable bonds is 7. The lowest BCUT2D eigenvalue weighted by atomic mass is 9.88. The topological polar surface area (TPSA) is 78.5 Å². The maximum Gasteiger partial charge on any atom is 0.239 e. The summed E-state index contributed by atoms with van der Waals surface area (Å²) in [6.07, 6.45) is 6.95. The van der Waals surface area contributed by atoms with Crippen molar-refractivity contribution in [3.05, 3.63) is 0 Å². The maximum absolute atomic E-state index is 12.3. The zero-order valence-corrected chi connectivity index (χ0v) is 15.9. The highest BCUT2D eigenvalue weighted by molar-refractivity contribution is 7.90. The zero-order valence-electron chi connectivity index (χ0n) is 15.1. The van der Waals surface area contributed by atoms with E-state index in [2.05, 4.69) is 17.0 Å². The Morgan fingerprint density at radius 3 is 2.29 bits per heavy atom. The van der Waals surface area contributed by atoms with Gasteiger partial charge in [0.2, 0.25) is 15.9 Å². The summed E-state index contributed by atoms with van der Waals surface area (Å²) < 4.78 is 27.3. The van der Waals surface area contributed by atoms with Gasteiger partial charge in [0.1, 0.15) is 5.75 Å². The highest BCUT2D eigenvalue weighted by atomic mass is 32.2. The van der Waals surface area contributed by atoms with E-state index >= 15 is 0 Å². The van der Waals surface area contributed by atoms with E-state index in [4.69, 9.17) is 0 Å². The number of amides is 1. The maximum atomic E-state index is 12.3. The number of sulfonamides is 1. The fourth-order valence-corrected chi connectivity index (χ4v) is 5.08. The van der Waals surface area contributed by atoms with Crippen molar-refractivity contribution in [1.29, 1.82) is 0 Å². The van der Waals surface area contributed by atoms with Crippen LogP contribution in [-0.2, 0) is 14.8 Å². The summed E-state index contributed by atoms with van der Waals surface area (Å²) in [5, 5.41) is 3.15. The fourth-order valence-electron chi connectivity index (χ4n) is 3.75. The van der Waals surface area contributed by atoms with Crippen molar-refractivity contribution in [1.82, 2.24) is 14.9 Å². The Morgan fingerprint density at radius 2 is 1.71 bits per heavy atom. The predicted octanol–water partition coefficient (Wildman–Crippen LogP) is 1.33. The van der Waals surface area contributed by atoms with Crippen LogP contribution in [0, 0.1) is 11.8 Å². The molecular weight excluding hydrogens is 326 g/mol. The van der Waals surface area contributed by atoms with Crippen LogP contribution in [0.15, 0.2) is 0 Å². The summed E-state index contributed by atoms with van der Waals surface area (Å²) in [6.45, 7) is 4.57. The van der Waals surface area contributed by atoms with Gasteiger partial charge in [-0.1, -0.05) is 6.92 Å². The molecule has 1 heterocycles.